The zero-order valence-electron chi connectivity index (χ0n) is 17.9. The first-order valence-corrected chi connectivity index (χ1v) is 12.9. The SMILES string of the molecule is CCc1cccc2sc(N(Cc3ccncc3)C(=O)Cc3ccc(S(C)(=O)=O)cc3)nc12. The van der Waals surface area contributed by atoms with Crippen LogP contribution in [0.5, 0.6) is 0 Å². The Balaban J connectivity index is 1.67. The average molecular weight is 466 g/mol. The highest BCUT2D eigenvalue weighted by Crippen LogP contribution is 2.32. The number of hydrogen-bond acceptors (Lipinski definition) is 6. The molecule has 6 nitrogen and oxygen atoms in total. The fourth-order valence-corrected chi connectivity index (χ4v) is 5.11. The van der Waals surface area contributed by atoms with Crippen LogP contribution in [0.25, 0.3) is 10.2 Å². The van der Waals surface area contributed by atoms with Crippen LogP contribution in [0.2, 0.25) is 0 Å². The number of amides is 1. The van der Waals surface area contributed by atoms with Crippen LogP contribution in [0.1, 0.15) is 23.6 Å². The van der Waals surface area contributed by atoms with E-state index in [1.54, 1.807) is 29.4 Å². The van der Waals surface area contributed by atoms with E-state index in [9.17, 15) is 13.2 Å². The molecule has 0 spiro atoms. The molecular weight excluding hydrogens is 442 g/mol. The molecule has 8 heteroatoms. The maximum atomic E-state index is 13.4. The summed E-state index contributed by atoms with van der Waals surface area (Å²) in [6.07, 6.45) is 5.59. The van der Waals surface area contributed by atoms with Gasteiger partial charge < -0.3 is 0 Å². The molecule has 164 valence electrons. The van der Waals surface area contributed by atoms with E-state index in [1.807, 2.05) is 24.3 Å². The van der Waals surface area contributed by atoms with E-state index < -0.39 is 9.84 Å². The van der Waals surface area contributed by atoms with Gasteiger partial charge in [-0.3, -0.25) is 14.7 Å². The number of thiazole rings is 1. The second-order valence-corrected chi connectivity index (χ2v) is 10.6. The Morgan fingerprint density at radius 1 is 1.00 bits per heavy atom. The number of pyridine rings is 1. The van der Waals surface area contributed by atoms with Crippen molar-refractivity contribution in [3.05, 3.63) is 83.7 Å². The highest BCUT2D eigenvalue weighted by atomic mass is 32.2. The first-order chi connectivity index (χ1) is 15.3. The Kier molecular flexibility index (Phi) is 6.34. The molecule has 0 saturated heterocycles. The first kappa shape index (κ1) is 22.1. The summed E-state index contributed by atoms with van der Waals surface area (Å²) >= 11 is 1.50. The van der Waals surface area contributed by atoms with Crippen LogP contribution in [0, 0.1) is 0 Å². The summed E-state index contributed by atoms with van der Waals surface area (Å²) in [6.45, 7) is 2.47. The number of fused-ring (bicyclic) bond motifs is 1. The number of para-hydroxylation sites is 1. The van der Waals surface area contributed by atoms with Gasteiger partial charge in [0.15, 0.2) is 15.0 Å². The van der Waals surface area contributed by atoms with Gasteiger partial charge in [-0.25, -0.2) is 13.4 Å². The van der Waals surface area contributed by atoms with Crippen LogP contribution in [-0.2, 0) is 34.0 Å². The third-order valence-corrected chi connectivity index (χ3v) is 7.37. The molecule has 1 amide bonds. The molecule has 0 unspecified atom stereocenters. The van der Waals surface area contributed by atoms with Crippen LogP contribution in [0.15, 0.2) is 71.9 Å². The molecule has 4 rings (SSSR count). The average Bonchev–Trinajstić information content (AvgIpc) is 3.22. The molecule has 0 bridgehead atoms. The topological polar surface area (TPSA) is 80.2 Å². The number of carbonyl (C=O) groups is 1. The highest BCUT2D eigenvalue weighted by molar-refractivity contribution is 7.90. The zero-order valence-corrected chi connectivity index (χ0v) is 19.5. The van der Waals surface area contributed by atoms with Crippen LogP contribution < -0.4 is 4.90 Å². The van der Waals surface area contributed by atoms with Gasteiger partial charge in [-0.2, -0.15) is 0 Å². The predicted octanol–water partition coefficient (Wildman–Crippen LogP) is 4.43. The summed E-state index contributed by atoms with van der Waals surface area (Å²) in [4.78, 5) is 24.2. The maximum Gasteiger partial charge on any atom is 0.233 e. The van der Waals surface area contributed by atoms with Crippen LogP contribution in [0.3, 0.4) is 0 Å². The quantitative estimate of drug-likeness (QED) is 0.403. The van der Waals surface area contributed by atoms with Crippen molar-refractivity contribution < 1.29 is 13.2 Å². The smallest absolute Gasteiger partial charge is 0.233 e. The Hall–Kier alpha value is -3.10. The molecule has 0 aliphatic rings. The lowest BCUT2D eigenvalue weighted by Crippen LogP contribution is -2.31. The summed E-state index contributed by atoms with van der Waals surface area (Å²) in [7, 11) is -3.28. The Morgan fingerprint density at radius 2 is 1.72 bits per heavy atom. The number of aryl methyl sites for hydroxylation is 1. The molecule has 0 N–H and O–H groups in total. The van der Waals surface area contributed by atoms with E-state index in [0.717, 1.165) is 33.3 Å². The van der Waals surface area contributed by atoms with Gasteiger partial charge in [0, 0.05) is 18.6 Å². The van der Waals surface area contributed by atoms with Crippen molar-refractivity contribution in [1.82, 2.24) is 9.97 Å². The molecule has 0 aliphatic carbocycles. The fraction of sp³-hybridized carbons (Fsp3) is 0.208. The van der Waals surface area contributed by atoms with Gasteiger partial charge in [0.1, 0.15) is 0 Å². The van der Waals surface area contributed by atoms with Crippen molar-refractivity contribution >= 4 is 42.4 Å². The molecule has 0 saturated carbocycles. The second kappa shape index (κ2) is 9.18. The van der Waals surface area contributed by atoms with E-state index in [4.69, 9.17) is 4.98 Å². The van der Waals surface area contributed by atoms with Crippen molar-refractivity contribution in [2.75, 3.05) is 11.2 Å². The summed E-state index contributed by atoms with van der Waals surface area (Å²) in [5.41, 5.74) is 3.78. The van der Waals surface area contributed by atoms with Crippen molar-refractivity contribution in [3.63, 3.8) is 0 Å². The van der Waals surface area contributed by atoms with Crippen molar-refractivity contribution in [2.45, 2.75) is 31.2 Å². The van der Waals surface area contributed by atoms with E-state index in [-0.39, 0.29) is 17.2 Å². The monoisotopic (exact) mass is 465 g/mol. The number of anilines is 1. The first-order valence-electron chi connectivity index (χ1n) is 10.2. The lowest BCUT2D eigenvalue weighted by atomic mass is 10.1. The van der Waals surface area contributed by atoms with Crippen molar-refractivity contribution in [3.8, 4) is 0 Å². The molecule has 0 aliphatic heterocycles. The molecule has 0 fully saturated rings. The minimum Gasteiger partial charge on any atom is -0.283 e. The van der Waals surface area contributed by atoms with E-state index in [2.05, 4.69) is 18.0 Å². The zero-order chi connectivity index (χ0) is 22.7. The number of nitrogens with zero attached hydrogens (tertiary/aromatic N) is 3. The van der Waals surface area contributed by atoms with Crippen molar-refractivity contribution in [1.29, 1.82) is 0 Å². The summed E-state index contributed by atoms with van der Waals surface area (Å²) in [5, 5.41) is 0.649. The molecule has 0 atom stereocenters. The fourth-order valence-electron chi connectivity index (χ4n) is 3.45. The Morgan fingerprint density at radius 3 is 2.38 bits per heavy atom. The molecule has 32 heavy (non-hydrogen) atoms. The summed E-state index contributed by atoms with van der Waals surface area (Å²) < 4.78 is 24.5. The normalized spacial score (nSPS) is 11.6. The molecule has 2 aromatic heterocycles. The van der Waals surface area contributed by atoms with Crippen LogP contribution >= 0.6 is 11.3 Å². The third kappa shape index (κ3) is 4.87. The Labute approximate surface area is 191 Å². The number of carbonyl (C=O) groups excluding carboxylic acids is 1. The van der Waals surface area contributed by atoms with Crippen LogP contribution in [-0.4, -0.2) is 30.5 Å². The summed E-state index contributed by atoms with van der Waals surface area (Å²) in [5.74, 6) is -0.106. The maximum absolute atomic E-state index is 13.4. The van der Waals surface area contributed by atoms with Gasteiger partial charge in [0.25, 0.3) is 0 Å². The third-order valence-electron chi connectivity index (χ3n) is 5.20. The number of rotatable bonds is 7. The predicted molar refractivity (Wildman–Crippen MR) is 128 cm³/mol. The molecule has 2 aromatic carbocycles. The molecular formula is C24H23N3O3S2. The number of aromatic nitrogens is 2. The molecule has 0 radical (unpaired) electrons. The van der Waals surface area contributed by atoms with Gasteiger partial charge in [0.05, 0.1) is 28.1 Å². The van der Waals surface area contributed by atoms with E-state index >= 15 is 0 Å². The number of sulfone groups is 1. The minimum absolute atomic E-state index is 0.106. The minimum atomic E-state index is -3.28. The highest BCUT2D eigenvalue weighted by Gasteiger charge is 2.21. The number of benzene rings is 2. The van der Waals surface area contributed by atoms with Crippen molar-refractivity contribution in [2.24, 2.45) is 0 Å². The standard InChI is InChI=1S/C24H23N3O3S2/c1-3-19-5-4-6-21-23(19)26-24(31-21)27(16-18-11-13-25-14-12-18)22(28)15-17-7-9-20(10-8-17)32(2,29)30/h4-14H,3,15-16H2,1-2H3. The Bertz CT molecular complexity index is 1350. The lowest BCUT2D eigenvalue weighted by molar-refractivity contribution is -0.118. The van der Waals surface area contributed by atoms with Gasteiger partial charge in [-0.05, 0) is 53.4 Å². The van der Waals surface area contributed by atoms with Gasteiger partial charge >= 0.3 is 0 Å². The van der Waals surface area contributed by atoms with Gasteiger partial charge in [0.2, 0.25) is 5.91 Å². The molecule has 4 aromatic rings. The van der Waals surface area contributed by atoms with Gasteiger partial charge in [-0.1, -0.05) is 42.5 Å². The summed E-state index contributed by atoms with van der Waals surface area (Å²) in [6, 6.07) is 16.3. The van der Waals surface area contributed by atoms with Crippen LogP contribution in [0.4, 0.5) is 5.13 Å². The van der Waals surface area contributed by atoms with E-state index in [1.165, 1.54) is 29.7 Å². The largest absolute Gasteiger partial charge is 0.283 e. The second-order valence-electron chi connectivity index (χ2n) is 7.54. The van der Waals surface area contributed by atoms with E-state index in [0.29, 0.717) is 11.7 Å². The van der Waals surface area contributed by atoms with Gasteiger partial charge in [-0.15, -0.1) is 0 Å². The lowest BCUT2D eigenvalue weighted by Gasteiger charge is -2.20. The number of hydrogen-bond donors (Lipinski definition) is 0. The molecule has 2 heterocycles.